The molecule has 0 unspecified atom stereocenters. The summed E-state index contributed by atoms with van der Waals surface area (Å²) in [5.41, 5.74) is 6.91. The second kappa shape index (κ2) is 9.74. The number of ether oxygens (including phenoxy) is 1. The first-order chi connectivity index (χ1) is 12.0. The summed E-state index contributed by atoms with van der Waals surface area (Å²) in [7, 11) is -2.01. The standard InChI is InChI=1S/C17H28N4O3S/c1-24-12-9-20-25(22,23)16-8-6-7-15(13-16)14-19-17(18)21-10-4-2-3-5-11-21/h6-8,13,20H,2-5,9-12,14H2,1H3,(H2,18,19). The van der Waals surface area contributed by atoms with Gasteiger partial charge in [0, 0.05) is 26.7 Å². The third kappa shape index (κ3) is 6.30. The molecule has 0 amide bonds. The highest BCUT2D eigenvalue weighted by Crippen LogP contribution is 2.13. The van der Waals surface area contributed by atoms with E-state index in [0.29, 0.717) is 19.1 Å². The normalized spacial score (nSPS) is 16.7. The Bertz CT molecular complexity index is 668. The molecule has 1 heterocycles. The lowest BCUT2D eigenvalue weighted by Gasteiger charge is -2.21. The van der Waals surface area contributed by atoms with Crippen LogP contribution in [-0.2, 0) is 21.3 Å². The number of rotatable bonds is 7. The van der Waals surface area contributed by atoms with Gasteiger partial charge in [0.1, 0.15) is 0 Å². The molecule has 0 atom stereocenters. The molecule has 25 heavy (non-hydrogen) atoms. The number of nitrogens with one attached hydrogen (secondary N) is 1. The van der Waals surface area contributed by atoms with Crippen LogP contribution in [-0.4, -0.2) is 52.6 Å². The molecule has 0 aromatic heterocycles. The summed E-state index contributed by atoms with van der Waals surface area (Å²) in [6.45, 7) is 2.81. The van der Waals surface area contributed by atoms with E-state index in [1.54, 1.807) is 18.2 Å². The second-order valence-electron chi connectivity index (χ2n) is 6.11. The van der Waals surface area contributed by atoms with Crippen LogP contribution in [0.5, 0.6) is 0 Å². The molecule has 0 aliphatic carbocycles. The number of sulfonamides is 1. The number of guanidine groups is 1. The van der Waals surface area contributed by atoms with Gasteiger partial charge < -0.3 is 15.4 Å². The van der Waals surface area contributed by atoms with E-state index in [-0.39, 0.29) is 11.4 Å². The Kier molecular flexibility index (Phi) is 7.67. The van der Waals surface area contributed by atoms with Crippen molar-refractivity contribution in [1.82, 2.24) is 9.62 Å². The topological polar surface area (TPSA) is 97.0 Å². The Morgan fingerprint density at radius 3 is 2.68 bits per heavy atom. The first kappa shape index (κ1) is 19.7. The van der Waals surface area contributed by atoms with Crippen molar-refractivity contribution >= 4 is 16.0 Å². The average Bonchev–Trinajstić information content (AvgIpc) is 2.89. The zero-order valence-corrected chi connectivity index (χ0v) is 15.6. The molecule has 0 spiro atoms. The van der Waals surface area contributed by atoms with E-state index >= 15 is 0 Å². The largest absolute Gasteiger partial charge is 0.383 e. The van der Waals surface area contributed by atoms with E-state index < -0.39 is 10.0 Å². The van der Waals surface area contributed by atoms with E-state index in [1.165, 1.54) is 20.0 Å². The number of benzene rings is 1. The van der Waals surface area contributed by atoms with Gasteiger partial charge >= 0.3 is 0 Å². The highest BCUT2D eigenvalue weighted by molar-refractivity contribution is 7.89. The fraction of sp³-hybridized carbons (Fsp3) is 0.588. The van der Waals surface area contributed by atoms with Gasteiger partial charge in [-0.15, -0.1) is 0 Å². The smallest absolute Gasteiger partial charge is 0.240 e. The molecule has 0 saturated carbocycles. The molecule has 0 bridgehead atoms. The van der Waals surface area contributed by atoms with Gasteiger partial charge in [0.25, 0.3) is 0 Å². The first-order valence-electron chi connectivity index (χ1n) is 8.65. The fourth-order valence-corrected chi connectivity index (χ4v) is 3.83. The summed E-state index contributed by atoms with van der Waals surface area (Å²) in [4.78, 5) is 6.78. The van der Waals surface area contributed by atoms with Crippen molar-refractivity contribution in [2.75, 3.05) is 33.4 Å². The first-order valence-corrected chi connectivity index (χ1v) is 10.1. The van der Waals surface area contributed by atoms with Crippen LogP contribution >= 0.6 is 0 Å². The molecule has 1 fully saturated rings. The summed E-state index contributed by atoms with van der Waals surface area (Å²) < 4.78 is 31.9. The van der Waals surface area contributed by atoms with E-state index in [1.807, 2.05) is 6.07 Å². The fourth-order valence-electron chi connectivity index (χ4n) is 2.74. The van der Waals surface area contributed by atoms with Crippen molar-refractivity contribution in [2.24, 2.45) is 10.7 Å². The van der Waals surface area contributed by atoms with Crippen molar-refractivity contribution < 1.29 is 13.2 Å². The second-order valence-corrected chi connectivity index (χ2v) is 7.88. The van der Waals surface area contributed by atoms with Crippen LogP contribution in [0.3, 0.4) is 0 Å². The zero-order chi connectivity index (χ0) is 18.1. The summed E-state index contributed by atoms with van der Waals surface area (Å²) >= 11 is 0. The predicted molar refractivity (Wildman–Crippen MR) is 98.9 cm³/mol. The van der Waals surface area contributed by atoms with Crippen LogP contribution in [0.25, 0.3) is 0 Å². The van der Waals surface area contributed by atoms with Crippen molar-refractivity contribution in [3.05, 3.63) is 29.8 Å². The van der Waals surface area contributed by atoms with E-state index in [4.69, 9.17) is 10.5 Å². The Morgan fingerprint density at radius 2 is 2.00 bits per heavy atom. The molecule has 3 N–H and O–H groups in total. The monoisotopic (exact) mass is 368 g/mol. The Hall–Kier alpha value is -1.64. The van der Waals surface area contributed by atoms with Crippen molar-refractivity contribution in [3.63, 3.8) is 0 Å². The molecule has 1 aliphatic rings. The highest BCUT2D eigenvalue weighted by atomic mass is 32.2. The van der Waals surface area contributed by atoms with Crippen LogP contribution < -0.4 is 10.5 Å². The van der Waals surface area contributed by atoms with Crippen molar-refractivity contribution in [2.45, 2.75) is 37.1 Å². The number of aliphatic imine (C=N–C) groups is 1. The van der Waals surface area contributed by atoms with Gasteiger partial charge in [0.05, 0.1) is 18.0 Å². The SMILES string of the molecule is COCCNS(=O)(=O)c1cccc(CN=C(N)N2CCCCCC2)c1. The Balaban J connectivity index is 2.02. The molecular formula is C17H28N4O3S. The lowest BCUT2D eigenvalue weighted by Crippen LogP contribution is -2.38. The maximum Gasteiger partial charge on any atom is 0.240 e. The van der Waals surface area contributed by atoms with Crippen LogP contribution in [0, 0.1) is 0 Å². The zero-order valence-electron chi connectivity index (χ0n) is 14.8. The molecular weight excluding hydrogens is 340 g/mol. The molecule has 1 aliphatic heterocycles. The molecule has 2 rings (SSSR count). The Labute approximate surface area is 150 Å². The van der Waals surface area contributed by atoms with Gasteiger partial charge in [-0.05, 0) is 30.5 Å². The van der Waals surface area contributed by atoms with Gasteiger partial charge in [-0.3, -0.25) is 0 Å². The van der Waals surface area contributed by atoms with Gasteiger partial charge in [-0.25, -0.2) is 18.1 Å². The van der Waals surface area contributed by atoms with E-state index in [2.05, 4.69) is 14.6 Å². The van der Waals surface area contributed by atoms with Crippen LogP contribution in [0.1, 0.15) is 31.2 Å². The molecule has 1 saturated heterocycles. The lowest BCUT2D eigenvalue weighted by atomic mass is 10.2. The van der Waals surface area contributed by atoms with Crippen molar-refractivity contribution in [1.29, 1.82) is 0 Å². The van der Waals surface area contributed by atoms with Gasteiger partial charge in [0.15, 0.2) is 5.96 Å². The number of methoxy groups -OCH3 is 1. The minimum Gasteiger partial charge on any atom is -0.383 e. The van der Waals surface area contributed by atoms with Crippen LogP contribution in [0.2, 0.25) is 0 Å². The lowest BCUT2D eigenvalue weighted by molar-refractivity contribution is 0.204. The van der Waals surface area contributed by atoms with Gasteiger partial charge in [0.2, 0.25) is 10.0 Å². The third-order valence-corrected chi connectivity index (χ3v) is 5.62. The molecule has 1 aromatic carbocycles. The molecule has 8 heteroatoms. The minimum atomic E-state index is -3.54. The number of nitrogens with two attached hydrogens (primary N) is 1. The van der Waals surface area contributed by atoms with Gasteiger partial charge in [-0.1, -0.05) is 25.0 Å². The molecule has 0 radical (unpaired) electrons. The maximum absolute atomic E-state index is 12.2. The quantitative estimate of drug-likeness (QED) is 0.430. The molecule has 1 aromatic rings. The highest BCUT2D eigenvalue weighted by Gasteiger charge is 2.14. The van der Waals surface area contributed by atoms with E-state index in [9.17, 15) is 8.42 Å². The number of likely N-dealkylation sites (tertiary alicyclic amines) is 1. The van der Waals surface area contributed by atoms with Crippen LogP contribution in [0.4, 0.5) is 0 Å². The summed E-state index contributed by atoms with van der Waals surface area (Å²) in [6, 6.07) is 6.78. The average molecular weight is 369 g/mol. The van der Waals surface area contributed by atoms with E-state index in [0.717, 1.165) is 31.5 Å². The summed E-state index contributed by atoms with van der Waals surface area (Å²) in [5.74, 6) is 0.536. The van der Waals surface area contributed by atoms with Crippen LogP contribution in [0.15, 0.2) is 34.2 Å². The molecule has 140 valence electrons. The Morgan fingerprint density at radius 1 is 1.28 bits per heavy atom. The van der Waals surface area contributed by atoms with Gasteiger partial charge in [-0.2, -0.15) is 0 Å². The number of hydrogen-bond donors (Lipinski definition) is 2. The minimum absolute atomic E-state index is 0.227. The molecule has 7 nitrogen and oxygen atoms in total. The number of hydrogen-bond acceptors (Lipinski definition) is 4. The van der Waals surface area contributed by atoms with Crippen molar-refractivity contribution in [3.8, 4) is 0 Å². The third-order valence-electron chi connectivity index (χ3n) is 4.16. The maximum atomic E-state index is 12.2. The predicted octanol–water partition coefficient (Wildman–Crippen LogP) is 1.30. The number of nitrogens with zero attached hydrogens (tertiary/aromatic N) is 2. The summed E-state index contributed by atoms with van der Waals surface area (Å²) in [6.07, 6.45) is 4.74. The summed E-state index contributed by atoms with van der Waals surface area (Å²) in [5, 5.41) is 0.